The molecule has 0 fully saturated rings. The molecule has 147 heavy (non-hydrogen) atoms. The maximum Gasteiger partial charge on any atom is 0.137 e. The van der Waals surface area contributed by atoms with Crippen LogP contribution in [0, 0.1) is 0 Å². The van der Waals surface area contributed by atoms with Crippen LogP contribution in [0.1, 0.15) is 0 Å². The Morgan fingerprint density at radius 1 is 0.129 bits per heavy atom. The number of thiophene rings is 4. The van der Waals surface area contributed by atoms with E-state index in [0.717, 1.165) is 89.3 Å². The molecule has 0 spiro atoms. The van der Waals surface area contributed by atoms with Gasteiger partial charge in [-0.25, -0.2) is 0 Å². The Morgan fingerprint density at radius 3 is 0.707 bits per heavy atom. The topological polar surface area (TPSA) is 36.0 Å². The first-order chi connectivity index (χ1) is 72.8. The molecule has 0 saturated heterocycles. The molecule has 0 amide bonds. The number of fused-ring (bicyclic) bond motifs is 21. The highest BCUT2D eigenvalue weighted by atomic mass is 32.1. The molecule has 5 nitrogen and oxygen atoms in total. The molecule has 0 aliphatic rings. The summed E-state index contributed by atoms with van der Waals surface area (Å²) >= 11 is 7.49. The van der Waals surface area contributed by atoms with Gasteiger partial charge in [-0.05, 0) is 269 Å². The number of hydrogen-bond acceptors (Lipinski definition) is 9. The van der Waals surface area contributed by atoms with Crippen LogP contribution in [0.2, 0.25) is 0 Å². The van der Waals surface area contributed by atoms with Gasteiger partial charge in [0.1, 0.15) is 22.3 Å². The summed E-state index contributed by atoms with van der Waals surface area (Å²) in [7, 11) is 0. The van der Waals surface area contributed by atoms with E-state index in [-0.39, 0.29) is 0 Å². The Hall–Kier alpha value is -18.1. The van der Waals surface area contributed by atoms with Crippen LogP contribution in [0.4, 0.5) is 51.2 Å². The smallest absolute Gasteiger partial charge is 0.137 e. The van der Waals surface area contributed by atoms with Crippen LogP contribution < -0.4 is 14.7 Å². The molecule has 0 aliphatic heterocycles. The number of benzene rings is 24. The van der Waals surface area contributed by atoms with E-state index in [2.05, 4.69) is 518 Å². The van der Waals surface area contributed by atoms with Gasteiger partial charge in [0.25, 0.3) is 0 Å². The van der Waals surface area contributed by atoms with Crippen molar-refractivity contribution in [3.05, 3.63) is 528 Å². The Kier molecular flexibility index (Phi) is 21.7. The van der Waals surface area contributed by atoms with Crippen molar-refractivity contribution in [1.82, 2.24) is 0 Å². The van der Waals surface area contributed by atoms with Crippen molar-refractivity contribution in [3.8, 4) is 66.8 Å². The molecule has 6 aromatic heterocycles. The monoisotopic (exact) mass is 1950 g/mol. The highest BCUT2D eigenvalue weighted by molar-refractivity contribution is 7.27. The van der Waals surface area contributed by atoms with Crippen LogP contribution >= 0.6 is 45.3 Å². The van der Waals surface area contributed by atoms with Gasteiger partial charge in [-0.1, -0.05) is 346 Å². The van der Waals surface area contributed by atoms with E-state index in [4.69, 9.17) is 8.83 Å². The molecule has 0 saturated carbocycles. The predicted molar refractivity (Wildman–Crippen MR) is 635 cm³/mol. The largest absolute Gasteiger partial charge is 0.456 e. The summed E-state index contributed by atoms with van der Waals surface area (Å²) in [5, 5.41) is 22.4. The van der Waals surface area contributed by atoms with Crippen molar-refractivity contribution in [2.24, 2.45) is 0 Å². The van der Waals surface area contributed by atoms with Gasteiger partial charge in [0.2, 0.25) is 0 Å². The fraction of sp³-hybridized carbons (Fsp3) is 0. The lowest BCUT2D eigenvalue weighted by atomic mass is 9.97. The van der Waals surface area contributed by atoms with E-state index in [9.17, 15) is 0 Å². The van der Waals surface area contributed by atoms with Crippen LogP contribution in [-0.2, 0) is 0 Å². The third kappa shape index (κ3) is 16.0. The molecule has 0 atom stereocenters. The first kappa shape index (κ1) is 86.8. The third-order valence-electron chi connectivity index (χ3n) is 28.9. The number of furan rings is 2. The van der Waals surface area contributed by atoms with Crippen molar-refractivity contribution in [1.29, 1.82) is 0 Å². The fourth-order valence-electron chi connectivity index (χ4n) is 21.7. The molecule has 30 rings (SSSR count). The van der Waals surface area contributed by atoms with Gasteiger partial charge in [-0.15, -0.1) is 45.3 Å². The lowest BCUT2D eigenvalue weighted by molar-refractivity contribution is 0.669. The van der Waals surface area contributed by atoms with Crippen LogP contribution in [0.5, 0.6) is 0 Å². The fourth-order valence-corrected chi connectivity index (χ4v) is 26.3. The second kappa shape index (κ2) is 36.7. The van der Waals surface area contributed by atoms with Gasteiger partial charge in [-0.2, -0.15) is 0 Å². The molecule has 30 aromatic rings. The van der Waals surface area contributed by atoms with Crippen molar-refractivity contribution in [3.63, 3.8) is 0 Å². The average molecular weight is 1950 g/mol. The minimum Gasteiger partial charge on any atom is -0.456 e. The van der Waals surface area contributed by atoms with Crippen molar-refractivity contribution in [2.75, 3.05) is 14.7 Å². The number of anilines is 9. The number of rotatable bonds is 15. The molecule has 0 N–H and O–H groups in total. The predicted octanol–water partition coefficient (Wildman–Crippen LogP) is 42.2. The summed E-state index contributed by atoms with van der Waals surface area (Å²) < 4.78 is 23.1. The molecular weight excluding hydrogens is 1860 g/mol. The Balaban J connectivity index is 0.000000107. The second-order valence-corrected chi connectivity index (χ2v) is 42.0. The van der Waals surface area contributed by atoms with E-state index >= 15 is 0 Å². The van der Waals surface area contributed by atoms with Crippen LogP contribution in [0.3, 0.4) is 0 Å². The van der Waals surface area contributed by atoms with Crippen molar-refractivity contribution < 1.29 is 8.83 Å². The van der Waals surface area contributed by atoms with E-state index in [0.29, 0.717) is 0 Å². The zero-order valence-corrected chi connectivity index (χ0v) is 82.8. The average Bonchev–Trinajstić information content (AvgIpc) is 1.60. The third-order valence-corrected chi connectivity index (χ3v) is 33.6. The lowest BCUT2D eigenvalue weighted by Gasteiger charge is -2.27. The quantitative estimate of drug-likeness (QED) is 0.102. The molecule has 6 heterocycles. The summed E-state index contributed by atoms with van der Waals surface area (Å²) in [5.74, 6) is 0. The van der Waals surface area contributed by atoms with Gasteiger partial charge in [0.05, 0.1) is 20.8 Å². The summed E-state index contributed by atoms with van der Waals surface area (Å²) in [5.41, 5.74) is 28.1. The minimum absolute atomic E-state index is 0.858. The minimum atomic E-state index is 0.858. The molecule has 690 valence electrons. The zero-order valence-electron chi connectivity index (χ0n) is 79.5. The SMILES string of the molecule is c1ccc(-c2ccc3ccc(-c4ccc(N(c5ccc6c(c5)oc5ccccc56)c5ccc6c(c5)oc5ccccc56)cc4)cc3c2)cc1.c1ccc(-c2ccc3ccc(-c4ccc(N(c5ccc6c(c5)sc5ccccc56)c5ccc6c(c5)sc5ccccc56)cc4)cc3c2)cc1.c1ccc(-c2ccc3ccc(-c4ccc(N(c5cccc6c5sc5ccccc56)c5cccc6c5sc5ccccc56)cc4)cc3c2)cc1. The van der Waals surface area contributed by atoms with Crippen LogP contribution in [0.25, 0.3) is 224 Å². The normalized spacial score (nSPS) is 11.7. The Bertz CT molecular complexity index is 9620. The number of para-hydroxylation sites is 2. The first-order valence-corrected chi connectivity index (χ1v) is 53.0. The zero-order chi connectivity index (χ0) is 96.9. The molecule has 0 aliphatic carbocycles. The van der Waals surface area contributed by atoms with Gasteiger partial charge in [0, 0.05) is 145 Å². The Labute approximate surface area is 864 Å². The van der Waals surface area contributed by atoms with Crippen LogP contribution in [0.15, 0.2) is 537 Å². The number of nitrogens with zero attached hydrogens (tertiary/aromatic N) is 3. The number of hydrogen-bond donors (Lipinski definition) is 0. The summed E-state index contributed by atoms with van der Waals surface area (Å²) in [6.45, 7) is 0. The van der Waals surface area contributed by atoms with Gasteiger partial charge in [0.15, 0.2) is 0 Å². The Morgan fingerprint density at radius 2 is 0.367 bits per heavy atom. The standard InChI is InChI=1S/C46H29NO2.2C46H29NS2/c1-2-8-30(9-3-1)33-16-14-32-15-17-34(27-35(32)26-33)31-18-20-36(21-19-31)47(37-22-24-41-39-10-4-6-12-43(39)48-45(41)28-37)38-23-25-42-40-11-5-7-13-44(40)49-46(42)29-38;1-2-10-30(11-3-1)33-22-20-32-21-23-34(29-35(32)28-33)31-24-26-36(27-25-31)47(41-16-8-14-39-37-12-4-6-18-43(37)48-45(39)41)42-17-9-15-40-38-13-5-7-19-44(38)49-46(40)42;1-2-8-30(9-3-1)33-16-14-32-15-17-34(27-35(32)26-33)31-18-20-36(21-19-31)47(37-22-24-41-39-10-4-6-12-43(39)48-45(41)28-37)38-23-25-42-40-11-5-7-13-44(40)49-46(42)29-38/h3*1-29H. The molecule has 0 unspecified atom stereocenters. The van der Waals surface area contributed by atoms with Gasteiger partial charge in [-0.3, -0.25) is 0 Å². The van der Waals surface area contributed by atoms with E-state index in [1.807, 2.05) is 69.6 Å². The molecule has 0 bridgehead atoms. The molecule has 24 aromatic carbocycles. The van der Waals surface area contributed by atoms with Crippen molar-refractivity contribution in [2.45, 2.75) is 0 Å². The van der Waals surface area contributed by atoms with Gasteiger partial charge >= 0.3 is 0 Å². The molecule has 0 radical (unpaired) electrons. The maximum atomic E-state index is 6.33. The van der Waals surface area contributed by atoms with E-state index in [1.54, 1.807) is 0 Å². The molecule has 9 heteroatoms. The van der Waals surface area contributed by atoms with Crippen molar-refractivity contribution >= 4 is 253 Å². The summed E-state index contributed by atoms with van der Waals surface area (Å²) in [6.07, 6.45) is 0. The summed E-state index contributed by atoms with van der Waals surface area (Å²) in [4.78, 5) is 7.16. The van der Waals surface area contributed by atoms with E-state index in [1.165, 1.54) is 186 Å². The molecular formula is C138H87N3O2S4. The highest BCUT2D eigenvalue weighted by Crippen LogP contribution is 2.52. The highest BCUT2D eigenvalue weighted by Gasteiger charge is 2.26. The second-order valence-electron chi connectivity index (χ2n) is 37.7. The first-order valence-electron chi connectivity index (χ1n) is 49.7. The summed E-state index contributed by atoms with van der Waals surface area (Å²) in [6, 6.07) is 191. The lowest BCUT2D eigenvalue weighted by Crippen LogP contribution is -2.10. The van der Waals surface area contributed by atoms with Crippen LogP contribution in [-0.4, -0.2) is 0 Å². The van der Waals surface area contributed by atoms with Gasteiger partial charge < -0.3 is 23.5 Å². The maximum absolute atomic E-state index is 6.33. The van der Waals surface area contributed by atoms with E-state index < -0.39 is 0 Å².